The lowest BCUT2D eigenvalue weighted by molar-refractivity contribution is 0.106. The SMILES string of the molecule is CCN(CC)CCNCC(O)COc1cccc(Cl)c1. The highest BCUT2D eigenvalue weighted by atomic mass is 35.5. The molecular formula is C15H25ClN2O2. The Bertz CT molecular complexity index is 373. The molecule has 0 saturated heterocycles. The first-order chi connectivity index (χ1) is 9.65. The van der Waals surface area contributed by atoms with Gasteiger partial charge in [-0.2, -0.15) is 0 Å². The molecule has 0 spiro atoms. The number of aliphatic hydroxyl groups excluding tert-OH is 1. The van der Waals surface area contributed by atoms with Gasteiger partial charge in [-0.3, -0.25) is 0 Å². The van der Waals surface area contributed by atoms with Gasteiger partial charge in [-0.25, -0.2) is 0 Å². The van der Waals surface area contributed by atoms with Crippen LogP contribution in [0.15, 0.2) is 24.3 Å². The molecule has 1 aromatic rings. The molecule has 0 amide bonds. The summed E-state index contributed by atoms with van der Waals surface area (Å²) in [7, 11) is 0. The zero-order chi connectivity index (χ0) is 14.8. The van der Waals surface area contributed by atoms with Crippen molar-refractivity contribution in [1.29, 1.82) is 0 Å². The van der Waals surface area contributed by atoms with Crippen LogP contribution in [0.1, 0.15) is 13.8 Å². The predicted molar refractivity (Wildman–Crippen MR) is 83.6 cm³/mol. The van der Waals surface area contributed by atoms with Crippen LogP contribution in [0.25, 0.3) is 0 Å². The third kappa shape index (κ3) is 7.10. The number of hydrogen-bond donors (Lipinski definition) is 2. The second-order valence-corrected chi connectivity index (χ2v) is 5.09. The van der Waals surface area contributed by atoms with E-state index in [1.165, 1.54) is 0 Å². The number of benzene rings is 1. The van der Waals surface area contributed by atoms with Crippen LogP contribution in [-0.4, -0.2) is 55.4 Å². The highest BCUT2D eigenvalue weighted by Gasteiger charge is 2.05. The molecule has 0 saturated carbocycles. The summed E-state index contributed by atoms with van der Waals surface area (Å²) in [5.74, 6) is 0.680. The zero-order valence-electron chi connectivity index (χ0n) is 12.3. The van der Waals surface area contributed by atoms with Gasteiger partial charge in [-0.15, -0.1) is 0 Å². The fourth-order valence-electron chi connectivity index (χ4n) is 1.85. The van der Waals surface area contributed by atoms with E-state index in [-0.39, 0.29) is 6.61 Å². The van der Waals surface area contributed by atoms with Gasteiger partial charge in [-0.05, 0) is 31.3 Å². The average Bonchev–Trinajstić information content (AvgIpc) is 2.45. The van der Waals surface area contributed by atoms with Crippen LogP contribution in [0, 0.1) is 0 Å². The molecule has 0 aliphatic carbocycles. The van der Waals surface area contributed by atoms with Crippen molar-refractivity contribution in [3.8, 4) is 5.75 Å². The number of nitrogens with one attached hydrogen (secondary N) is 1. The molecule has 4 nitrogen and oxygen atoms in total. The van der Waals surface area contributed by atoms with Crippen LogP contribution in [0.3, 0.4) is 0 Å². The Morgan fingerprint density at radius 3 is 2.75 bits per heavy atom. The van der Waals surface area contributed by atoms with Crippen LogP contribution in [0.2, 0.25) is 5.02 Å². The van der Waals surface area contributed by atoms with E-state index >= 15 is 0 Å². The van der Waals surface area contributed by atoms with E-state index in [1.807, 2.05) is 12.1 Å². The zero-order valence-corrected chi connectivity index (χ0v) is 13.1. The van der Waals surface area contributed by atoms with Crippen LogP contribution >= 0.6 is 11.6 Å². The normalized spacial score (nSPS) is 12.7. The Hall–Kier alpha value is -0.810. The van der Waals surface area contributed by atoms with Gasteiger partial charge in [0.05, 0.1) is 0 Å². The Morgan fingerprint density at radius 1 is 1.35 bits per heavy atom. The van der Waals surface area contributed by atoms with Gasteiger partial charge in [0, 0.05) is 24.7 Å². The van der Waals surface area contributed by atoms with Gasteiger partial charge in [0.1, 0.15) is 18.5 Å². The molecular weight excluding hydrogens is 276 g/mol. The Morgan fingerprint density at radius 2 is 2.10 bits per heavy atom. The van der Waals surface area contributed by atoms with Crippen molar-refractivity contribution in [2.75, 3.05) is 39.3 Å². The molecule has 5 heteroatoms. The highest BCUT2D eigenvalue weighted by Crippen LogP contribution is 2.17. The summed E-state index contributed by atoms with van der Waals surface area (Å²) in [5, 5.41) is 13.7. The summed E-state index contributed by atoms with van der Waals surface area (Å²) < 4.78 is 5.48. The van der Waals surface area contributed by atoms with Crippen molar-refractivity contribution in [1.82, 2.24) is 10.2 Å². The van der Waals surface area contributed by atoms with E-state index in [9.17, 15) is 5.11 Å². The van der Waals surface area contributed by atoms with Crippen molar-refractivity contribution in [2.45, 2.75) is 20.0 Å². The smallest absolute Gasteiger partial charge is 0.120 e. The molecule has 0 aliphatic rings. The fraction of sp³-hybridized carbons (Fsp3) is 0.600. The van der Waals surface area contributed by atoms with Crippen LogP contribution < -0.4 is 10.1 Å². The molecule has 20 heavy (non-hydrogen) atoms. The third-order valence-corrected chi connectivity index (χ3v) is 3.35. The summed E-state index contributed by atoms with van der Waals surface area (Å²) >= 11 is 5.86. The molecule has 2 N–H and O–H groups in total. The summed E-state index contributed by atoms with van der Waals surface area (Å²) in [6.07, 6.45) is -0.523. The number of hydrogen-bond acceptors (Lipinski definition) is 4. The monoisotopic (exact) mass is 300 g/mol. The summed E-state index contributed by atoms with van der Waals surface area (Å²) in [5.41, 5.74) is 0. The predicted octanol–water partition coefficient (Wildman–Crippen LogP) is 2.01. The summed E-state index contributed by atoms with van der Waals surface area (Å²) in [4.78, 5) is 2.34. The first-order valence-corrected chi connectivity index (χ1v) is 7.53. The second-order valence-electron chi connectivity index (χ2n) is 4.65. The number of likely N-dealkylation sites (N-methyl/N-ethyl adjacent to an activating group) is 1. The number of nitrogens with zero attached hydrogens (tertiary/aromatic N) is 1. The van der Waals surface area contributed by atoms with Crippen molar-refractivity contribution >= 4 is 11.6 Å². The van der Waals surface area contributed by atoms with Crippen molar-refractivity contribution < 1.29 is 9.84 Å². The lowest BCUT2D eigenvalue weighted by Crippen LogP contribution is -2.37. The average molecular weight is 301 g/mol. The minimum absolute atomic E-state index is 0.263. The molecule has 1 rings (SSSR count). The van der Waals surface area contributed by atoms with Crippen LogP contribution in [-0.2, 0) is 0 Å². The maximum absolute atomic E-state index is 9.83. The Kier molecular flexibility index (Phi) is 8.62. The lowest BCUT2D eigenvalue weighted by Gasteiger charge is -2.19. The van der Waals surface area contributed by atoms with Gasteiger partial charge in [-0.1, -0.05) is 31.5 Å². The Balaban J connectivity index is 2.13. The minimum atomic E-state index is -0.523. The van der Waals surface area contributed by atoms with E-state index in [0.29, 0.717) is 17.3 Å². The van der Waals surface area contributed by atoms with Gasteiger partial charge < -0.3 is 20.1 Å². The van der Waals surface area contributed by atoms with Crippen molar-refractivity contribution in [3.63, 3.8) is 0 Å². The molecule has 0 fully saturated rings. The molecule has 1 aromatic carbocycles. The van der Waals surface area contributed by atoms with E-state index in [2.05, 4.69) is 24.1 Å². The molecule has 1 atom stereocenters. The maximum atomic E-state index is 9.83. The maximum Gasteiger partial charge on any atom is 0.120 e. The van der Waals surface area contributed by atoms with Crippen molar-refractivity contribution in [3.05, 3.63) is 29.3 Å². The largest absolute Gasteiger partial charge is 0.491 e. The van der Waals surface area contributed by atoms with Crippen LogP contribution in [0.4, 0.5) is 0 Å². The summed E-state index contributed by atoms with van der Waals surface area (Å²) in [6.45, 7) is 9.07. The van der Waals surface area contributed by atoms with E-state index in [1.54, 1.807) is 12.1 Å². The topological polar surface area (TPSA) is 44.7 Å². The first-order valence-electron chi connectivity index (χ1n) is 7.15. The molecule has 114 valence electrons. The number of rotatable bonds is 10. The molecule has 0 aromatic heterocycles. The van der Waals surface area contributed by atoms with Gasteiger partial charge in [0.25, 0.3) is 0 Å². The van der Waals surface area contributed by atoms with E-state index in [4.69, 9.17) is 16.3 Å². The lowest BCUT2D eigenvalue weighted by atomic mass is 10.3. The summed E-state index contributed by atoms with van der Waals surface area (Å²) in [6, 6.07) is 7.18. The minimum Gasteiger partial charge on any atom is -0.491 e. The third-order valence-electron chi connectivity index (χ3n) is 3.12. The van der Waals surface area contributed by atoms with E-state index < -0.39 is 6.10 Å². The second kappa shape index (κ2) is 10.00. The number of ether oxygens (including phenoxy) is 1. The quantitative estimate of drug-likeness (QED) is 0.649. The van der Waals surface area contributed by atoms with Gasteiger partial charge >= 0.3 is 0 Å². The standard InChI is InChI=1S/C15H25ClN2O2/c1-3-18(4-2)9-8-17-11-14(19)12-20-15-7-5-6-13(16)10-15/h5-7,10,14,17,19H,3-4,8-9,11-12H2,1-2H3. The first kappa shape index (κ1) is 17.2. The molecule has 0 bridgehead atoms. The van der Waals surface area contributed by atoms with Crippen LogP contribution in [0.5, 0.6) is 5.75 Å². The molecule has 1 unspecified atom stereocenters. The number of halogens is 1. The number of aliphatic hydroxyl groups is 1. The van der Waals surface area contributed by atoms with Gasteiger partial charge in [0.15, 0.2) is 0 Å². The Labute approximate surface area is 126 Å². The molecule has 0 heterocycles. The fourth-order valence-corrected chi connectivity index (χ4v) is 2.03. The molecule has 0 radical (unpaired) electrons. The molecule has 0 aliphatic heterocycles. The van der Waals surface area contributed by atoms with Crippen molar-refractivity contribution in [2.24, 2.45) is 0 Å². The van der Waals surface area contributed by atoms with Gasteiger partial charge in [0.2, 0.25) is 0 Å². The highest BCUT2D eigenvalue weighted by molar-refractivity contribution is 6.30. The van der Waals surface area contributed by atoms with E-state index in [0.717, 1.165) is 26.2 Å².